The van der Waals surface area contributed by atoms with Crippen LogP contribution in [0.5, 0.6) is 0 Å². The van der Waals surface area contributed by atoms with Crippen LogP contribution in [0.2, 0.25) is 0 Å². The molecule has 3 heterocycles. The molecule has 1 atom stereocenters. The molecule has 1 unspecified atom stereocenters. The maximum Gasteiger partial charge on any atom is 0.269 e. The molecule has 7 heteroatoms. The molecule has 0 saturated carbocycles. The minimum absolute atomic E-state index is 0.0568. The summed E-state index contributed by atoms with van der Waals surface area (Å²) in [4.78, 5) is 33.0. The highest BCUT2D eigenvalue weighted by Crippen LogP contribution is 2.46. The first-order chi connectivity index (χ1) is 15.0. The Kier molecular flexibility index (Phi) is 5.77. The van der Waals surface area contributed by atoms with Gasteiger partial charge < -0.3 is 15.7 Å². The standard InChI is InChI=1S/C17H16N4O3.C7H8/c22-5-4-19-15(23)13-6-10-7-17(8-11(10)9-20-13)12-2-1-3-18-14(12)21-16(17)24;1-7-5-3-2-4-6-7/h1-3,6,9,22H,4-5,7-8H2,(H,19,23)(H,18,21,24);2-6H,1H3. The van der Waals surface area contributed by atoms with Crippen LogP contribution in [0.25, 0.3) is 0 Å². The van der Waals surface area contributed by atoms with Crippen molar-refractivity contribution in [2.45, 2.75) is 25.2 Å². The summed E-state index contributed by atoms with van der Waals surface area (Å²) in [6.45, 7) is 2.15. The summed E-state index contributed by atoms with van der Waals surface area (Å²) in [5.74, 6) is 0.230. The van der Waals surface area contributed by atoms with Gasteiger partial charge in [0.2, 0.25) is 5.91 Å². The van der Waals surface area contributed by atoms with Gasteiger partial charge in [0.15, 0.2) is 0 Å². The van der Waals surface area contributed by atoms with Gasteiger partial charge in [-0.1, -0.05) is 42.0 Å². The highest BCUT2D eigenvalue weighted by Gasteiger charge is 2.51. The van der Waals surface area contributed by atoms with Crippen molar-refractivity contribution in [3.8, 4) is 0 Å². The Bertz CT molecular complexity index is 1120. The molecule has 158 valence electrons. The van der Waals surface area contributed by atoms with Crippen LogP contribution in [0, 0.1) is 6.92 Å². The molecule has 7 nitrogen and oxygen atoms in total. The van der Waals surface area contributed by atoms with Crippen molar-refractivity contribution in [2.24, 2.45) is 0 Å². The third-order valence-electron chi connectivity index (χ3n) is 5.63. The fourth-order valence-corrected chi connectivity index (χ4v) is 4.07. The molecule has 5 rings (SSSR count). The molecule has 2 amide bonds. The first-order valence-corrected chi connectivity index (χ1v) is 10.2. The van der Waals surface area contributed by atoms with Crippen molar-refractivity contribution >= 4 is 17.6 Å². The van der Waals surface area contributed by atoms with Gasteiger partial charge in [-0.15, -0.1) is 0 Å². The number of carbonyl (C=O) groups excluding carboxylic acids is 2. The lowest BCUT2D eigenvalue weighted by Gasteiger charge is -2.20. The minimum atomic E-state index is -0.659. The van der Waals surface area contributed by atoms with E-state index in [1.165, 1.54) is 5.56 Å². The normalized spacial score (nSPS) is 17.9. The van der Waals surface area contributed by atoms with Gasteiger partial charge in [-0.2, -0.15) is 0 Å². The Balaban J connectivity index is 0.000000282. The second-order valence-corrected chi connectivity index (χ2v) is 7.76. The number of aromatic nitrogens is 2. The number of benzene rings is 1. The zero-order valence-corrected chi connectivity index (χ0v) is 17.3. The number of aryl methyl sites for hydroxylation is 1. The lowest BCUT2D eigenvalue weighted by Crippen LogP contribution is -2.35. The summed E-state index contributed by atoms with van der Waals surface area (Å²) in [6, 6.07) is 15.8. The highest BCUT2D eigenvalue weighted by atomic mass is 16.3. The number of rotatable bonds is 3. The molecule has 0 fully saturated rings. The molecule has 3 N–H and O–H groups in total. The van der Waals surface area contributed by atoms with Crippen molar-refractivity contribution in [1.29, 1.82) is 0 Å². The number of aliphatic hydroxyl groups excluding tert-OH is 1. The quantitative estimate of drug-likeness (QED) is 0.607. The molecule has 1 aromatic carbocycles. The molecule has 2 aromatic heterocycles. The molecule has 0 bridgehead atoms. The number of carbonyl (C=O) groups is 2. The number of anilines is 1. The van der Waals surface area contributed by atoms with E-state index in [1.807, 2.05) is 30.3 Å². The van der Waals surface area contributed by atoms with E-state index in [1.54, 1.807) is 18.5 Å². The number of nitrogens with one attached hydrogen (secondary N) is 2. The Morgan fingerprint density at radius 2 is 1.90 bits per heavy atom. The first-order valence-electron chi connectivity index (χ1n) is 10.2. The molecular formula is C24H24N4O3. The second-order valence-electron chi connectivity index (χ2n) is 7.76. The predicted octanol–water partition coefficient (Wildman–Crippen LogP) is 2.18. The topological polar surface area (TPSA) is 104 Å². The number of aliphatic hydroxyl groups is 1. The number of amides is 2. The third kappa shape index (κ3) is 4.04. The van der Waals surface area contributed by atoms with Crippen molar-refractivity contribution in [1.82, 2.24) is 15.3 Å². The Morgan fingerprint density at radius 3 is 2.61 bits per heavy atom. The molecule has 1 aliphatic carbocycles. The minimum Gasteiger partial charge on any atom is -0.395 e. The van der Waals surface area contributed by atoms with Crippen LogP contribution >= 0.6 is 0 Å². The summed E-state index contributed by atoms with van der Waals surface area (Å²) in [5.41, 5.74) is 3.78. The van der Waals surface area contributed by atoms with E-state index in [9.17, 15) is 9.59 Å². The van der Waals surface area contributed by atoms with Gasteiger partial charge in [0, 0.05) is 24.5 Å². The van der Waals surface area contributed by atoms with Crippen LogP contribution < -0.4 is 10.6 Å². The first kappa shape index (κ1) is 20.7. The number of pyridine rings is 2. The van der Waals surface area contributed by atoms with E-state index in [0.29, 0.717) is 24.4 Å². The molecule has 2 aliphatic rings. The summed E-state index contributed by atoms with van der Waals surface area (Å²) in [5, 5.41) is 14.2. The van der Waals surface area contributed by atoms with E-state index in [0.717, 1.165) is 16.7 Å². The fourth-order valence-electron chi connectivity index (χ4n) is 4.07. The van der Waals surface area contributed by atoms with Crippen LogP contribution in [0.3, 0.4) is 0 Å². The predicted molar refractivity (Wildman–Crippen MR) is 117 cm³/mol. The van der Waals surface area contributed by atoms with Crippen molar-refractivity contribution < 1.29 is 14.7 Å². The highest BCUT2D eigenvalue weighted by molar-refractivity contribution is 6.06. The molecule has 1 spiro atoms. The van der Waals surface area contributed by atoms with Crippen molar-refractivity contribution in [3.05, 3.63) is 88.9 Å². The molecule has 3 aromatic rings. The van der Waals surface area contributed by atoms with E-state index in [2.05, 4.69) is 39.7 Å². The van der Waals surface area contributed by atoms with Crippen LogP contribution in [0.15, 0.2) is 60.9 Å². The van der Waals surface area contributed by atoms with Gasteiger partial charge in [-0.05, 0) is 43.0 Å². The smallest absolute Gasteiger partial charge is 0.269 e. The van der Waals surface area contributed by atoms with Crippen molar-refractivity contribution in [3.63, 3.8) is 0 Å². The lowest BCUT2D eigenvalue weighted by molar-refractivity contribution is -0.120. The van der Waals surface area contributed by atoms with Crippen LogP contribution in [0.1, 0.15) is 32.7 Å². The Labute approximate surface area is 180 Å². The number of hydrogen-bond acceptors (Lipinski definition) is 5. The summed E-state index contributed by atoms with van der Waals surface area (Å²) in [7, 11) is 0. The van der Waals surface area contributed by atoms with Crippen molar-refractivity contribution in [2.75, 3.05) is 18.5 Å². The number of nitrogens with zero attached hydrogens (tertiary/aromatic N) is 2. The van der Waals surface area contributed by atoms with Gasteiger partial charge in [0.25, 0.3) is 5.91 Å². The van der Waals surface area contributed by atoms with E-state index >= 15 is 0 Å². The monoisotopic (exact) mass is 416 g/mol. The maximum absolute atomic E-state index is 12.6. The molecular weight excluding hydrogens is 392 g/mol. The second kappa shape index (κ2) is 8.65. The fraction of sp³-hybridized carbons (Fsp3) is 0.250. The van der Waals surface area contributed by atoms with Crippen LogP contribution in [-0.4, -0.2) is 40.0 Å². The molecule has 0 saturated heterocycles. The van der Waals surface area contributed by atoms with Crippen LogP contribution in [-0.2, 0) is 23.1 Å². The Hall–Kier alpha value is -3.58. The SMILES string of the molecule is Cc1ccccc1.O=C(NCCO)c1cc2c(cn1)CC1(C2)C(=O)Nc2ncccc21. The molecule has 1 aliphatic heterocycles. The number of hydrogen-bond donors (Lipinski definition) is 3. The lowest BCUT2D eigenvalue weighted by atomic mass is 9.79. The van der Waals surface area contributed by atoms with Gasteiger partial charge >= 0.3 is 0 Å². The van der Waals surface area contributed by atoms with Gasteiger partial charge in [0.1, 0.15) is 11.5 Å². The average molecular weight is 416 g/mol. The van der Waals surface area contributed by atoms with E-state index < -0.39 is 5.41 Å². The third-order valence-corrected chi connectivity index (χ3v) is 5.63. The van der Waals surface area contributed by atoms with E-state index in [-0.39, 0.29) is 25.0 Å². The summed E-state index contributed by atoms with van der Waals surface area (Å²) in [6.07, 6.45) is 4.40. The van der Waals surface area contributed by atoms with E-state index in [4.69, 9.17) is 5.11 Å². The summed E-state index contributed by atoms with van der Waals surface area (Å²) >= 11 is 0. The van der Waals surface area contributed by atoms with Gasteiger partial charge in [0.05, 0.1) is 12.0 Å². The van der Waals surface area contributed by atoms with Crippen LogP contribution in [0.4, 0.5) is 5.82 Å². The molecule has 31 heavy (non-hydrogen) atoms. The van der Waals surface area contributed by atoms with Gasteiger partial charge in [-0.3, -0.25) is 14.6 Å². The summed E-state index contributed by atoms with van der Waals surface area (Å²) < 4.78 is 0. The zero-order chi connectivity index (χ0) is 21.8. The zero-order valence-electron chi connectivity index (χ0n) is 17.3. The van der Waals surface area contributed by atoms with Gasteiger partial charge in [-0.25, -0.2) is 4.98 Å². The molecule has 0 radical (unpaired) electrons. The number of fused-ring (bicyclic) bond motifs is 3. The Morgan fingerprint density at radius 1 is 1.13 bits per heavy atom. The maximum atomic E-state index is 12.6. The largest absolute Gasteiger partial charge is 0.395 e. The average Bonchev–Trinajstić information content (AvgIpc) is 3.30.